The zero-order valence-electron chi connectivity index (χ0n) is 13.8. The van der Waals surface area contributed by atoms with Crippen molar-refractivity contribution in [2.45, 2.75) is 26.8 Å². The van der Waals surface area contributed by atoms with Gasteiger partial charge < -0.3 is 9.88 Å². The highest BCUT2D eigenvalue weighted by atomic mass is 16.2. The predicted molar refractivity (Wildman–Crippen MR) is 90.7 cm³/mol. The number of nitrogens with zero attached hydrogens (tertiary/aromatic N) is 3. The molecule has 0 saturated carbocycles. The van der Waals surface area contributed by atoms with Crippen molar-refractivity contribution in [1.82, 2.24) is 19.7 Å². The first-order valence-electron chi connectivity index (χ1n) is 7.91. The number of fused-ring (bicyclic) bond motifs is 3. The number of aryl methyl sites for hydroxylation is 2. The monoisotopic (exact) mass is 308 g/mol. The van der Waals surface area contributed by atoms with Crippen LogP contribution in [0.25, 0.3) is 22.0 Å². The van der Waals surface area contributed by atoms with E-state index in [1.54, 1.807) is 0 Å². The van der Waals surface area contributed by atoms with Crippen molar-refractivity contribution in [3.63, 3.8) is 0 Å². The van der Waals surface area contributed by atoms with Gasteiger partial charge in [0.2, 0.25) is 0 Å². The van der Waals surface area contributed by atoms with Crippen molar-refractivity contribution in [3.8, 4) is 11.1 Å². The number of hydrogen-bond donors (Lipinski definition) is 1. The molecule has 0 radical (unpaired) electrons. The van der Waals surface area contributed by atoms with Crippen LogP contribution in [0.3, 0.4) is 0 Å². The van der Waals surface area contributed by atoms with Gasteiger partial charge in [-0.3, -0.25) is 9.48 Å². The lowest BCUT2D eigenvalue weighted by Crippen LogP contribution is -2.37. The van der Waals surface area contributed by atoms with Gasteiger partial charge in [-0.1, -0.05) is 18.2 Å². The molecule has 0 saturated heterocycles. The molecule has 1 aromatic carbocycles. The SMILES string of the molecule is Cc1nn(C)c(C)c1-c1cccc2cc3n(c12)C(C)CNC3=O. The molecule has 3 aromatic rings. The summed E-state index contributed by atoms with van der Waals surface area (Å²) in [5, 5.41) is 8.61. The molecular weight excluding hydrogens is 288 g/mol. The molecule has 23 heavy (non-hydrogen) atoms. The number of hydrogen-bond acceptors (Lipinski definition) is 2. The van der Waals surface area contributed by atoms with Crippen LogP contribution in [0, 0.1) is 13.8 Å². The highest BCUT2D eigenvalue weighted by Crippen LogP contribution is 2.36. The maximum Gasteiger partial charge on any atom is 0.268 e. The molecule has 1 aliphatic heterocycles. The van der Waals surface area contributed by atoms with E-state index in [0.717, 1.165) is 39.1 Å². The summed E-state index contributed by atoms with van der Waals surface area (Å²) in [4.78, 5) is 12.2. The number of amides is 1. The Morgan fingerprint density at radius 2 is 2.09 bits per heavy atom. The Morgan fingerprint density at radius 1 is 1.30 bits per heavy atom. The smallest absolute Gasteiger partial charge is 0.268 e. The second kappa shape index (κ2) is 4.72. The molecule has 1 unspecified atom stereocenters. The van der Waals surface area contributed by atoms with Gasteiger partial charge in [-0.15, -0.1) is 0 Å². The summed E-state index contributed by atoms with van der Waals surface area (Å²) in [5.41, 5.74) is 6.34. The van der Waals surface area contributed by atoms with E-state index < -0.39 is 0 Å². The van der Waals surface area contributed by atoms with Crippen LogP contribution in [0.2, 0.25) is 0 Å². The summed E-state index contributed by atoms with van der Waals surface area (Å²) in [5.74, 6) is 0.00452. The quantitative estimate of drug-likeness (QED) is 0.751. The Morgan fingerprint density at radius 3 is 2.78 bits per heavy atom. The summed E-state index contributed by atoms with van der Waals surface area (Å²) in [7, 11) is 1.97. The minimum atomic E-state index is 0.00452. The largest absolute Gasteiger partial charge is 0.349 e. The summed E-state index contributed by atoms with van der Waals surface area (Å²) in [6, 6.07) is 8.48. The third-order valence-corrected chi connectivity index (χ3v) is 4.87. The molecule has 0 spiro atoms. The standard InChI is InChI=1S/C18H20N4O/c1-10-9-19-18(23)15-8-13-6-5-7-14(17(13)22(10)15)16-11(2)20-21(4)12(16)3/h5-8,10H,9H2,1-4H3,(H,19,23). The Balaban J connectivity index is 2.11. The first kappa shape index (κ1) is 14.1. The van der Waals surface area contributed by atoms with Crippen LogP contribution in [0.15, 0.2) is 24.3 Å². The maximum atomic E-state index is 12.2. The van der Waals surface area contributed by atoms with Crippen LogP contribution in [-0.2, 0) is 7.05 Å². The highest BCUT2D eigenvalue weighted by Gasteiger charge is 2.26. The Labute approximate surface area is 134 Å². The van der Waals surface area contributed by atoms with Crippen molar-refractivity contribution < 1.29 is 4.79 Å². The van der Waals surface area contributed by atoms with E-state index in [1.807, 2.05) is 24.7 Å². The fraction of sp³-hybridized carbons (Fsp3) is 0.333. The van der Waals surface area contributed by atoms with E-state index in [-0.39, 0.29) is 11.9 Å². The predicted octanol–water partition coefficient (Wildman–Crippen LogP) is 2.96. The topological polar surface area (TPSA) is 51.9 Å². The molecule has 0 fully saturated rings. The van der Waals surface area contributed by atoms with Crippen LogP contribution in [0.5, 0.6) is 0 Å². The van der Waals surface area contributed by atoms with Crippen LogP contribution in [0.4, 0.5) is 0 Å². The number of aromatic nitrogens is 3. The van der Waals surface area contributed by atoms with E-state index in [9.17, 15) is 4.79 Å². The molecular formula is C18H20N4O. The van der Waals surface area contributed by atoms with Gasteiger partial charge >= 0.3 is 0 Å². The number of carbonyl (C=O) groups excluding carboxylic acids is 1. The van der Waals surface area contributed by atoms with Gasteiger partial charge in [0.25, 0.3) is 5.91 Å². The molecule has 3 heterocycles. The fourth-order valence-electron chi connectivity index (χ4n) is 3.70. The summed E-state index contributed by atoms with van der Waals surface area (Å²) < 4.78 is 4.09. The summed E-state index contributed by atoms with van der Waals surface area (Å²) in [6.07, 6.45) is 0. The molecule has 4 rings (SSSR count). The van der Waals surface area contributed by atoms with E-state index in [1.165, 1.54) is 0 Å². The molecule has 5 heteroatoms. The number of rotatable bonds is 1. The first-order valence-corrected chi connectivity index (χ1v) is 7.91. The van der Waals surface area contributed by atoms with Gasteiger partial charge in [0.1, 0.15) is 5.69 Å². The van der Waals surface area contributed by atoms with E-state index >= 15 is 0 Å². The lowest BCUT2D eigenvalue weighted by atomic mass is 10.0. The summed E-state index contributed by atoms with van der Waals surface area (Å²) in [6.45, 7) is 6.93. The Bertz CT molecular complexity index is 948. The number of carbonyl (C=O) groups is 1. The zero-order valence-corrected chi connectivity index (χ0v) is 13.8. The number of benzene rings is 1. The van der Waals surface area contributed by atoms with Gasteiger partial charge in [-0.25, -0.2) is 0 Å². The van der Waals surface area contributed by atoms with Gasteiger partial charge in [0.05, 0.1) is 11.2 Å². The van der Waals surface area contributed by atoms with Gasteiger partial charge in [0, 0.05) is 41.8 Å². The minimum absolute atomic E-state index is 0.00452. The fourth-order valence-corrected chi connectivity index (χ4v) is 3.70. The van der Waals surface area contributed by atoms with Crippen LogP contribution >= 0.6 is 0 Å². The molecule has 0 aliphatic carbocycles. The van der Waals surface area contributed by atoms with Gasteiger partial charge in [0.15, 0.2) is 0 Å². The van der Waals surface area contributed by atoms with Crippen LogP contribution < -0.4 is 5.32 Å². The maximum absolute atomic E-state index is 12.2. The number of nitrogens with one attached hydrogen (secondary N) is 1. The van der Waals surface area contributed by atoms with Gasteiger partial charge in [-0.05, 0) is 26.8 Å². The zero-order chi connectivity index (χ0) is 16.3. The van der Waals surface area contributed by atoms with Crippen molar-refractivity contribution in [2.75, 3.05) is 6.54 Å². The molecule has 5 nitrogen and oxygen atoms in total. The van der Waals surface area contributed by atoms with Gasteiger partial charge in [-0.2, -0.15) is 5.10 Å². The Kier molecular flexibility index (Phi) is 2.88. The van der Waals surface area contributed by atoms with Crippen molar-refractivity contribution >= 4 is 16.8 Å². The third-order valence-electron chi connectivity index (χ3n) is 4.87. The Hall–Kier alpha value is -2.56. The lowest BCUT2D eigenvalue weighted by molar-refractivity contribution is 0.0919. The van der Waals surface area contributed by atoms with Crippen molar-refractivity contribution in [2.24, 2.45) is 7.05 Å². The highest BCUT2D eigenvalue weighted by molar-refractivity contribution is 6.04. The van der Waals surface area contributed by atoms with Crippen molar-refractivity contribution in [1.29, 1.82) is 0 Å². The molecule has 118 valence electrons. The molecule has 2 aromatic heterocycles. The first-order chi connectivity index (χ1) is 11.0. The number of para-hydroxylation sites is 1. The molecule has 1 N–H and O–H groups in total. The van der Waals surface area contributed by atoms with Crippen LogP contribution in [-0.4, -0.2) is 26.8 Å². The normalized spacial score (nSPS) is 17.4. The second-order valence-corrected chi connectivity index (χ2v) is 6.37. The van der Waals surface area contributed by atoms with Crippen molar-refractivity contribution in [3.05, 3.63) is 41.3 Å². The average molecular weight is 308 g/mol. The lowest BCUT2D eigenvalue weighted by Gasteiger charge is -2.25. The molecule has 1 aliphatic rings. The average Bonchev–Trinajstić information content (AvgIpc) is 3.03. The summed E-state index contributed by atoms with van der Waals surface area (Å²) >= 11 is 0. The molecule has 0 bridgehead atoms. The minimum Gasteiger partial charge on any atom is -0.349 e. The molecule has 1 amide bonds. The molecule has 1 atom stereocenters. The van der Waals surface area contributed by atoms with E-state index in [4.69, 9.17) is 0 Å². The van der Waals surface area contributed by atoms with E-state index in [2.05, 4.69) is 47.0 Å². The van der Waals surface area contributed by atoms with Crippen LogP contribution in [0.1, 0.15) is 34.8 Å². The third kappa shape index (κ3) is 1.86. The second-order valence-electron chi connectivity index (χ2n) is 6.37. The van der Waals surface area contributed by atoms with E-state index in [0.29, 0.717) is 6.54 Å².